The molecule has 2 rings (SSSR count). The van der Waals surface area contributed by atoms with Crippen LogP contribution in [-0.2, 0) is 9.53 Å². The number of hydrogen-bond acceptors (Lipinski definition) is 5. The average molecular weight is 357 g/mol. The fourth-order valence-electron chi connectivity index (χ4n) is 1.88. The monoisotopic (exact) mass is 356 g/mol. The van der Waals surface area contributed by atoms with E-state index in [4.69, 9.17) is 32.5 Å². The number of hydrogen-bond donors (Lipinski definition) is 1. The van der Waals surface area contributed by atoms with Crippen LogP contribution in [0.5, 0.6) is 0 Å². The summed E-state index contributed by atoms with van der Waals surface area (Å²) in [5, 5.41) is 6.98. The van der Waals surface area contributed by atoms with Crippen molar-refractivity contribution in [2.45, 2.75) is 26.9 Å². The Morgan fingerprint density at radius 3 is 2.61 bits per heavy atom. The van der Waals surface area contributed by atoms with Gasteiger partial charge in [0.2, 0.25) is 0 Å². The molecule has 0 saturated carbocycles. The third-order valence-electron chi connectivity index (χ3n) is 3.08. The van der Waals surface area contributed by atoms with Gasteiger partial charge in [0.15, 0.2) is 6.10 Å². The Morgan fingerprint density at radius 1 is 1.30 bits per heavy atom. The highest BCUT2D eigenvalue weighted by Gasteiger charge is 2.24. The Labute approximate surface area is 142 Å². The summed E-state index contributed by atoms with van der Waals surface area (Å²) in [5.41, 5.74) is 0.952. The van der Waals surface area contributed by atoms with Crippen LogP contribution in [0.25, 0.3) is 0 Å². The molecular formula is C15H14Cl2N2O4. The van der Waals surface area contributed by atoms with Gasteiger partial charge in [-0.25, -0.2) is 4.79 Å². The molecule has 0 saturated heterocycles. The zero-order valence-corrected chi connectivity index (χ0v) is 14.2. The lowest BCUT2D eigenvalue weighted by Gasteiger charge is -2.14. The number of nitrogens with one attached hydrogen (secondary N) is 1. The van der Waals surface area contributed by atoms with Gasteiger partial charge in [-0.2, -0.15) is 0 Å². The van der Waals surface area contributed by atoms with Gasteiger partial charge in [-0.15, -0.1) is 0 Å². The number of carbonyl (C=O) groups excluding carboxylic acids is 2. The predicted molar refractivity (Wildman–Crippen MR) is 85.9 cm³/mol. The number of esters is 1. The van der Waals surface area contributed by atoms with E-state index in [1.807, 2.05) is 0 Å². The summed E-state index contributed by atoms with van der Waals surface area (Å²) in [6.45, 7) is 4.65. The van der Waals surface area contributed by atoms with E-state index in [2.05, 4.69) is 10.5 Å². The number of aryl methyl sites for hydroxylation is 2. The minimum atomic E-state index is -1.04. The maximum Gasteiger partial charge on any atom is 0.344 e. The molecule has 2 aromatic rings. The van der Waals surface area contributed by atoms with E-state index in [0.29, 0.717) is 27.2 Å². The van der Waals surface area contributed by atoms with Gasteiger partial charge < -0.3 is 14.6 Å². The van der Waals surface area contributed by atoms with Gasteiger partial charge >= 0.3 is 5.97 Å². The number of carbonyl (C=O) groups is 2. The first-order chi connectivity index (χ1) is 10.8. The van der Waals surface area contributed by atoms with E-state index in [0.717, 1.165) is 0 Å². The molecule has 23 heavy (non-hydrogen) atoms. The molecule has 0 aliphatic heterocycles. The molecule has 0 bridgehead atoms. The third kappa shape index (κ3) is 4.03. The molecule has 0 aliphatic rings. The molecule has 0 fully saturated rings. The number of ether oxygens (including phenoxy) is 1. The Morgan fingerprint density at radius 2 is 2.00 bits per heavy atom. The lowest BCUT2D eigenvalue weighted by molar-refractivity contribution is -0.123. The third-order valence-corrected chi connectivity index (χ3v) is 3.64. The summed E-state index contributed by atoms with van der Waals surface area (Å²) in [6, 6.07) is 4.66. The summed E-state index contributed by atoms with van der Waals surface area (Å²) in [4.78, 5) is 24.2. The highest BCUT2D eigenvalue weighted by atomic mass is 35.5. The number of anilines is 1. The SMILES string of the molecule is Cc1noc(C)c1C(=O)O[C@H](C)C(=O)Nc1cc(Cl)ccc1Cl. The van der Waals surface area contributed by atoms with Crippen LogP contribution < -0.4 is 5.32 Å². The summed E-state index contributed by atoms with van der Waals surface area (Å²) < 4.78 is 10.0. The van der Waals surface area contributed by atoms with Crippen LogP contribution in [0.4, 0.5) is 5.69 Å². The van der Waals surface area contributed by atoms with Crippen LogP contribution in [0.2, 0.25) is 10.0 Å². The van der Waals surface area contributed by atoms with Crippen molar-refractivity contribution in [1.82, 2.24) is 5.16 Å². The van der Waals surface area contributed by atoms with Gasteiger partial charge in [0, 0.05) is 5.02 Å². The summed E-state index contributed by atoms with van der Waals surface area (Å²) in [7, 11) is 0. The maximum atomic E-state index is 12.1. The lowest BCUT2D eigenvalue weighted by atomic mass is 10.2. The van der Waals surface area contributed by atoms with Crippen LogP contribution in [-0.4, -0.2) is 23.1 Å². The molecule has 6 nitrogen and oxygen atoms in total. The van der Waals surface area contributed by atoms with E-state index in [1.54, 1.807) is 26.0 Å². The Kier molecular flexibility index (Phi) is 5.28. The quantitative estimate of drug-likeness (QED) is 0.842. The van der Waals surface area contributed by atoms with Crippen LogP contribution in [0.15, 0.2) is 22.7 Å². The van der Waals surface area contributed by atoms with Crippen LogP contribution in [0.1, 0.15) is 28.7 Å². The molecule has 0 spiro atoms. The molecule has 1 aromatic carbocycles. The minimum Gasteiger partial charge on any atom is -0.449 e. The van der Waals surface area contributed by atoms with Crippen molar-refractivity contribution in [3.8, 4) is 0 Å². The first-order valence-electron chi connectivity index (χ1n) is 6.69. The van der Waals surface area contributed by atoms with Crippen molar-refractivity contribution >= 4 is 40.8 Å². The van der Waals surface area contributed by atoms with Crippen molar-refractivity contribution in [1.29, 1.82) is 0 Å². The van der Waals surface area contributed by atoms with Crippen molar-refractivity contribution < 1.29 is 18.8 Å². The summed E-state index contributed by atoms with van der Waals surface area (Å²) in [5.74, 6) is -0.881. The molecule has 1 aromatic heterocycles. The first kappa shape index (κ1) is 17.3. The first-order valence-corrected chi connectivity index (χ1v) is 7.45. The smallest absolute Gasteiger partial charge is 0.344 e. The highest BCUT2D eigenvalue weighted by molar-refractivity contribution is 6.35. The van der Waals surface area contributed by atoms with E-state index in [-0.39, 0.29) is 5.56 Å². The summed E-state index contributed by atoms with van der Waals surface area (Å²) in [6.07, 6.45) is -1.04. The standard InChI is InChI=1S/C15H14Cl2N2O4/c1-7-13(8(2)23-19-7)15(21)22-9(3)14(20)18-12-6-10(16)4-5-11(12)17/h4-6,9H,1-3H3,(H,18,20)/t9-/m1/s1. The van der Waals surface area contributed by atoms with E-state index in [1.165, 1.54) is 13.0 Å². The number of nitrogens with zero attached hydrogens (tertiary/aromatic N) is 1. The largest absolute Gasteiger partial charge is 0.449 e. The minimum absolute atomic E-state index is 0.213. The number of amides is 1. The Hall–Kier alpha value is -2.05. The Balaban J connectivity index is 2.05. The van der Waals surface area contributed by atoms with Gasteiger partial charge in [-0.05, 0) is 39.0 Å². The van der Waals surface area contributed by atoms with Crippen molar-refractivity contribution in [3.63, 3.8) is 0 Å². The molecule has 0 aliphatic carbocycles. The molecule has 1 amide bonds. The molecule has 1 N–H and O–H groups in total. The molecule has 1 heterocycles. The van der Waals surface area contributed by atoms with E-state index < -0.39 is 18.0 Å². The van der Waals surface area contributed by atoms with Crippen LogP contribution in [0.3, 0.4) is 0 Å². The van der Waals surface area contributed by atoms with E-state index >= 15 is 0 Å². The lowest BCUT2D eigenvalue weighted by Crippen LogP contribution is -2.30. The average Bonchev–Trinajstić information content (AvgIpc) is 2.81. The van der Waals surface area contributed by atoms with E-state index in [9.17, 15) is 9.59 Å². The Bertz CT molecular complexity index is 738. The normalized spacial score (nSPS) is 11.9. The number of halogens is 2. The molecular weight excluding hydrogens is 343 g/mol. The van der Waals surface area contributed by atoms with Gasteiger partial charge in [0.1, 0.15) is 11.3 Å². The number of aromatic nitrogens is 1. The van der Waals surface area contributed by atoms with Crippen LogP contribution >= 0.6 is 23.2 Å². The predicted octanol–water partition coefficient (Wildman–Crippen LogP) is 3.78. The number of rotatable bonds is 4. The zero-order valence-electron chi connectivity index (χ0n) is 12.6. The molecule has 8 heteroatoms. The van der Waals surface area contributed by atoms with Gasteiger partial charge in [-0.3, -0.25) is 4.79 Å². The topological polar surface area (TPSA) is 81.4 Å². The van der Waals surface area contributed by atoms with Crippen LogP contribution in [0, 0.1) is 13.8 Å². The van der Waals surface area contributed by atoms with Gasteiger partial charge in [-0.1, -0.05) is 28.4 Å². The zero-order chi connectivity index (χ0) is 17.1. The van der Waals surface area contributed by atoms with Crippen molar-refractivity contribution in [3.05, 3.63) is 45.3 Å². The van der Waals surface area contributed by atoms with Crippen molar-refractivity contribution in [2.75, 3.05) is 5.32 Å². The molecule has 0 radical (unpaired) electrons. The van der Waals surface area contributed by atoms with Gasteiger partial charge in [0.25, 0.3) is 5.91 Å². The fourth-order valence-corrected chi connectivity index (χ4v) is 2.21. The second-order valence-electron chi connectivity index (χ2n) is 4.86. The van der Waals surface area contributed by atoms with Gasteiger partial charge in [0.05, 0.1) is 16.4 Å². The van der Waals surface area contributed by atoms with Crippen molar-refractivity contribution in [2.24, 2.45) is 0 Å². The number of benzene rings is 1. The summed E-state index contributed by atoms with van der Waals surface area (Å²) >= 11 is 11.8. The molecule has 0 unspecified atom stereocenters. The molecule has 122 valence electrons. The second kappa shape index (κ2) is 7.02. The molecule has 1 atom stereocenters. The second-order valence-corrected chi connectivity index (χ2v) is 5.70. The highest BCUT2D eigenvalue weighted by Crippen LogP contribution is 2.25. The maximum absolute atomic E-state index is 12.1. The fraction of sp³-hybridized carbons (Fsp3) is 0.267.